The highest BCUT2D eigenvalue weighted by atomic mass is 16.5. The first-order valence-corrected chi connectivity index (χ1v) is 7.24. The lowest BCUT2D eigenvalue weighted by atomic mass is 10.4. The summed E-state index contributed by atoms with van der Waals surface area (Å²) in [6, 6.07) is 0. The lowest BCUT2D eigenvalue weighted by molar-refractivity contribution is -0.131. The van der Waals surface area contributed by atoms with E-state index < -0.39 is 0 Å². The van der Waals surface area contributed by atoms with E-state index in [0.717, 1.165) is 0 Å². The van der Waals surface area contributed by atoms with Gasteiger partial charge in [-0.3, -0.25) is 9.59 Å². The van der Waals surface area contributed by atoms with Crippen LogP contribution in [0.4, 0.5) is 0 Å². The summed E-state index contributed by atoms with van der Waals surface area (Å²) in [5.41, 5.74) is 8.19. The molecule has 0 atom stereocenters. The van der Waals surface area contributed by atoms with Gasteiger partial charge in [0.2, 0.25) is 11.8 Å². The van der Waals surface area contributed by atoms with Gasteiger partial charge in [-0.05, 0) is 19.4 Å². The molecule has 0 fully saturated rings. The molecule has 0 saturated heterocycles. The van der Waals surface area contributed by atoms with Crippen LogP contribution in [0, 0.1) is 0 Å². The molecule has 2 amide bonds. The second kappa shape index (κ2) is 12.0. The van der Waals surface area contributed by atoms with E-state index in [1.807, 2.05) is 20.8 Å². The molecule has 0 aromatic heterocycles. The van der Waals surface area contributed by atoms with Crippen LogP contribution in [0.2, 0.25) is 0 Å². The number of carbonyl (C=O) groups is 2. The molecule has 0 aliphatic carbocycles. The normalized spacial score (nSPS) is 9.86. The number of nitrogens with zero attached hydrogens (tertiary/aromatic N) is 5. The quantitative estimate of drug-likeness (QED) is 0.250. The number of hydrogen-bond acceptors (Lipinski definition) is 4. The fourth-order valence-electron chi connectivity index (χ4n) is 1.79. The zero-order valence-corrected chi connectivity index (χ0v) is 13.1. The van der Waals surface area contributed by atoms with Crippen molar-refractivity contribution in [3.8, 4) is 0 Å². The van der Waals surface area contributed by atoms with Gasteiger partial charge in [-0.1, -0.05) is 12.0 Å². The van der Waals surface area contributed by atoms with Crippen molar-refractivity contribution in [3.63, 3.8) is 0 Å². The molecule has 0 unspecified atom stereocenters. The molecule has 0 aliphatic heterocycles. The summed E-state index contributed by atoms with van der Waals surface area (Å²) >= 11 is 0. The maximum atomic E-state index is 11.6. The van der Waals surface area contributed by atoms with Crippen LogP contribution in [0.15, 0.2) is 5.11 Å². The van der Waals surface area contributed by atoms with Gasteiger partial charge in [0, 0.05) is 37.5 Å². The lowest BCUT2D eigenvalue weighted by Gasteiger charge is -2.22. The third-order valence-corrected chi connectivity index (χ3v) is 3.05. The van der Waals surface area contributed by atoms with Crippen molar-refractivity contribution in [2.24, 2.45) is 5.11 Å². The molecule has 0 aromatic rings. The average Bonchev–Trinajstić information content (AvgIpc) is 2.51. The summed E-state index contributed by atoms with van der Waals surface area (Å²) < 4.78 is 5.46. The molecule has 0 spiro atoms. The smallest absolute Gasteiger partial charge is 0.228 e. The number of rotatable bonds is 11. The Labute approximate surface area is 125 Å². The van der Waals surface area contributed by atoms with Crippen LogP contribution < -0.4 is 0 Å². The maximum absolute atomic E-state index is 11.6. The number of carbonyl (C=O) groups excluding carboxylic acids is 2. The van der Waals surface area contributed by atoms with Crippen molar-refractivity contribution in [2.45, 2.75) is 27.2 Å². The molecule has 0 radical (unpaired) electrons. The molecule has 8 heteroatoms. The van der Waals surface area contributed by atoms with E-state index in [1.165, 1.54) is 0 Å². The Balaban J connectivity index is 3.93. The summed E-state index contributed by atoms with van der Waals surface area (Å²) in [6.45, 7) is 8.51. The molecule has 0 aliphatic rings. The molecular formula is C13H25N5O3. The molecule has 0 saturated carbocycles. The van der Waals surface area contributed by atoms with Gasteiger partial charge in [0.25, 0.3) is 0 Å². The van der Waals surface area contributed by atoms with Gasteiger partial charge in [-0.25, -0.2) is 0 Å². The van der Waals surface area contributed by atoms with Gasteiger partial charge in [-0.15, -0.1) is 0 Å². The Kier molecular flexibility index (Phi) is 11.0. The first kappa shape index (κ1) is 19.2. The number of amides is 2. The minimum atomic E-state index is -0.213. The fraction of sp³-hybridized carbons (Fsp3) is 0.846. The van der Waals surface area contributed by atoms with E-state index in [2.05, 4.69) is 10.0 Å². The zero-order valence-electron chi connectivity index (χ0n) is 13.1. The Hall–Kier alpha value is -1.79. The average molecular weight is 299 g/mol. The summed E-state index contributed by atoms with van der Waals surface area (Å²) in [6.07, 6.45) is 0.491. The third kappa shape index (κ3) is 8.16. The van der Waals surface area contributed by atoms with Crippen molar-refractivity contribution >= 4 is 11.8 Å². The monoisotopic (exact) mass is 299 g/mol. The van der Waals surface area contributed by atoms with Crippen molar-refractivity contribution in [3.05, 3.63) is 10.4 Å². The Morgan fingerprint density at radius 2 is 1.57 bits per heavy atom. The molecule has 0 heterocycles. The molecule has 21 heavy (non-hydrogen) atoms. The van der Waals surface area contributed by atoms with Crippen LogP contribution in [0.25, 0.3) is 10.4 Å². The van der Waals surface area contributed by atoms with E-state index in [1.54, 1.807) is 9.80 Å². The second-order valence-electron chi connectivity index (χ2n) is 4.30. The second-order valence-corrected chi connectivity index (χ2v) is 4.30. The Bertz CT molecular complexity index is 369. The van der Waals surface area contributed by atoms with E-state index in [9.17, 15) is 9.59 Å². The van der Waals surface area contributed by atoms with Crippen molar-refractivity contribution in [1.82, 2.24) is 9.80 Å². The first-order valence-electron chi connectivity index (χ1n) is 7.24. The topological polar surface area (TPSA) is 98.6 Å². The van der Waals surface area contributed by atoms with Crippen molar-refractivity contribution < 1.29 is 14.3 Å². The van der Waals surface area contributed by atoms with E-state index in [4.69, 9.17) is 10.3 Å². The molecule has 8 nitrogen and oxygen atoms in total. The van der Waals surface area contributed by atoms with Gasteiger partial charge < -0.3 is 14.5 Å². The predicted octanol–water partition coefficient (Wildman–Crippen LogP) is 1.42. The largest absolute Gasteiger partial charge is 0.378 e. The zero-order chi connectivity index (χ0) is 16.1. The van der Waals surface area contributed by atoms with Gasteiger partial charge in [-0.2, -0.15) is 0 Å². The number of ether oxygens (including phenoxy) is 1. The summed E-state index contributed by atoms with van der Waals surface area (Å²) in [5, 5.41) is 3.25. The van der Waals surface area contributed by atoms with Crippen LogP contribution in [0.3, 0.4) is 0 Å². The van der Waals surface area contributed by atoms with Crippen LogP contribution in [0.1, 0.15) is 27.2 Å². The molecule has 0 rings (SSSR count). The van der Waals surface area contributed by atoms with Gasteiger partial charge in [0.05, 0.1) is 13.2 Å². The van der Waals surface area contributed by atoms with Gasteiger partial charge in [0.15, 0.2) is 0 Å². The number of azide groups is 1. The molecule has 120 valence electrons. The maximum Gasteiger partial charge on any atom is 0.228 e. The molecule has 0 N–H and O–H groups in total. The third-order valence-electron chi connectivity index (χ3n) is 3.05. The molecule has 0 aromatic carbocycles. The minimum Gasteiger partial charge on any atom is -0.378 e. The van der Waals surface area contributed by atoms with Crippen LogP contribution in [0.5, 0.6) is 0 Å². The summed E-state index contributed by atoms with van der Waals surface area (Å²) in [7, 11) is 0. The van der Waals surface area contributed by atoms with Crippen LogP contribution >= 0.6 is 0 Å². The predicted molar refractivity (Wildman–Crippen MR) is 79.6 cm³/mol. The van der Waals surface area contributed by atoms with Gasteiger partial charge in [0.1, 0.15) is 6.54 Å². The van der Waals surface area contributed by atoms with E-state index in [-0.39, 0.29) is 18.4 Å². The Morgan fingerprint density at radius 1 is 1.05 bits per heavy atom. The SMILES string of the molecule is CCC(=O)N(CC)CCOCCN(CC)C(=O)CN=[N+]=[N-]. The molecular weight excluding hydrogens is 274 g/mol. The Morgan fingerprint density at radius 3 is 2.00 bits per heavy atom. The van der Waals surface area contributed by atoms with E-state index >= 15 is 0 Å². The molecule has 0 bridgehead atoms. The van der Waals surface area contributed by atoms with Crippen molar-refractivity contribution in [1.29, 1.82) is 0 Å². The van der Waals surface area contributed by atoms with Crippen molar-refractivity contribution in [2.75, 3.05) is 45.9 Å². The highest BCUT2D eigenvalue weighted by molar-refractivity contribution is 5.78. The minimum absolute atomic E-state index is 0.112. The highest BCUT2D eigenvalue weighted by Crippen LogP contribution is 1.95. The van der Waals surface area contributed by atoms with Crippen LogP contribution in [-0.4, -0.2) is 67.6 Å². The van der Waals surface area contributed by atoms with Gasteiger partial charge >= 0.3 is 0 Å². The lowest BCUT2D eigenvalue weighted by Crippen LogP contribution is -2.36. The highest BCUT2D eigenvalue weighted by Gasteiger charge is 2.11. The number of hydrogen-bond donors (Lipinski definition) is 0. The van der Waals surface area contributed by atoms with E-state index in [0.29, 0.717) is 45.8 Å². The number of likely N-dealkylation sites (N-methyl/N-ethyl adjacent to an activating group) is 2. The first-order chi connectivity index (χ1) is 10.1. The summed E-state index contributed by atoms with van der Waals surface area (Å²) in [4.78, 5) is 29.0. The standard InChI is InChI=1S/C13H25N5O3/c1-4-12(19)17(5-2)7-9-21-10-8-18(6-3)13(20)11-15-16-14/h4-11H2,1-3H3. The fourth-order valence-corrected chi connectivity index (χ4v) is 1.79. The van der Waals surface area contributed by atoms with Crippen LogP contribution in [-0.2, 0) is 14.3 Å². The summed E-state index contributed by atoms with van der Waals surface area (Å²) in [5.74, 6) is -0.101.